The molecule has 1 atom stereocenters. The topological polar surface area (TPSA) is 60.2 Å². The summed E-state index contributed by atoms with van der Waals surface area (Å²) in [5.41, 5.74) is -0.374. The first kappa shape index (κ1) is 10.9. The minimum Gasteiger partial charge on any atom is -0.454 e. The Morgan fingerprint density at radius 1 is 1.44 bits per heavy atom. The molecule has 1 heterocycles. The third-order valence-electron chi connectivity index (χ3n) is 1.97. The van der Waals surface area contributed by atoms with Crippen LogP contribution in [0, 0.1) is 0 Å². The van der Waals surface area contributed by atoms with Gasteiger partial charge in [-0.05, 0) is 19.1 Å². The van der Waals surface area contributed by atoms with Crippen molar-refractivity contribution in [2.24, 2.45) is 10.2 Å². The number of hydrogen-bond donors (Lipinski definition) is 0. The Bertz CT molecular complexity index is 448. The van der Waals surface area contributed by atoms with Crippen molar-refractivity contribution in [1.82, 2.24) is 0 Å². The SMILES string of the molecule is CC(=O)C(Cl)N=Nc1ccc2c(c1)OCO2. The maximum Gasteiger partial charge on any atom is 0.231 e. The zero-order valence-electron chi connectivity index (χ0n) is 8.51. The molecule has 1 aromatic rings. The van der Waals surface area contributed by atoms with Crippen molar-refractivity contribution in [2.45, 2.75) is 12.4 Å². The number of halogens is 1. The van der Waals surface area contributed by atoms with Crippen molar-refractivity contribution in [2.75, 3.05) is 6.79 Å². The van der Waals surface area contributed by atoms with Gasteiger partial charge in [-0.3, -0.25) is 4.79 Å². The Labute approximate surface area is 97.0 Å². The minimum absolute atomic E-state index is 0.210. The van der Waals surface area contributed by atoms with Gasteiger partial charge in [-0.1, -0.05) is 11.6 Å². The van der Waals surface area contributed by atoms with Gasteiger partial charge >= 0.3 is 0 Å². The predicted molar refractivity (Wildman–Crippen MR) is 57.4 cm³/mol. The van der Waals surface area contributed by atoms with E-state index in [1.807, 2.05) is 0 Å². The van der Waals surface area contributed by atoms with E-state index in [1.54, 1.807) is 18.2 Å². The molecule has 6 heteroatoms. The summed E-state index contributed by atoms with van der Waals surface area (Å²) in [6, 6.07) is 5.12. The molecule has 2 rings (SSSR count). The molecule has 0 aromatic heterocycles. The lowest BCUT2D eigenvalue weighted by molar-refractivity contribution is -0.116. The Morgan fingerprint density at radius 2 is 2.19 bits per heavy atom. The highest BCUT2D eigenvalue weighted by Crippen LogP contribution is 2.35. The Kier molecular flexibility index (Phi) is 3.05. The van der Waals surface area contributed by atoms with Crippen LogP contribution in [0.25, 0.3) is 0 Å². The minimum atomic E-state index is -0.939. The average Bonchev–Trinajstić information content (AvgIpc) is 2.72. The molecular weight excluding hydrogens is 232 g/mol. The van der Waals surface area contributed by atoms with E-state index >= 15 is 0 Å². The van der Waals surface area contributed by atoms with Crippen LogP contribution < -0.4 is 9.47 Å². The summed E-state index contributed by atoms with van der Waals surface area (Å²) in [4.78, 5) is 10.8. The van der Waals surface area contributed by atoms with Gasteiger partial charge in [0.15, 0.2) is 17.3 Å². The third-order valence-corrected chi connectivity index (χ3v) is 2.36. The van der Waals surface area contributed by atoms with Gasteiger partial charge in [-0.25, -0.2) is 0 Å². The quantitative estimate of drug-likeness (QED) is 0.464. The molecule has 16 heavy (non-hydrogen) atoms. The summed E-state index contributed by atoms with van der Waals surface area (Å²) in [5.74, 6) is 1.05. The standard InChI is InChI=1S/C10H9ClN2O3/c1-6(14)10(11)13-12-7-2-3-8-9(4-7)16-5-15-8/h2-4,10H,5H2,1H3. The summed E-state index contributed by atoms with van der Waals surface area (Å²) < 4.78 is 10.3. The van der Waals surface area contributed by atoms with Crippen LogP contribution >= 0.6 is 11.6 Å². The van der Waals surface area contributed by atoms with Crippen molar-refractivity contribution in [3.8, 4) is 11.5 Å². The van der Waals surface area contributed by atoms with Gasteiger partial charge in [0.2, 0.25) is 12.3 Å². The van der Waals surface area contributed by atoms with Crippen LogP contribution in [0.4, 0.5) is 5.69 Å². The van der Waals surface area contributed by atoms with Crippen LogP contribution in [0.1, 0.15) is 6.92 Å². The Hall–Kier alpha value is -1.62. The predicted octanol–water partition coefficient (Wildman–Crippen LogP) is 2.65. The van der Waals surface area contributed by atoms with Crippen LogP contribution in [0.5, 0.6) is 11.5 Å². The first-order chi connectivity index (χ1) is 7.66. The maximum atomic E-state index is 10.8. The van der Waals surface area contributed by atoms with Gasteiger partial charge in [-0.15, -0.1) is 0 Å². The molecule has 1 aromatic carbocycles. The van der Waals surface area contributed by atoms with Gasteiger partial charge in [0.25, 0.3) is 0 Å². The number of nitrogens with zero attached hydrogens (tertiary/aromatic N) is 2. The number of rotatable bonds is 3. The lowest BCUT2D eigenvalue weighted by Crippen LogP contribution is -2.04. The molecule has 1 unspecified atom stereocenters. The summed E-state index contributed by atoms with van der Waals surface area (Å²) in [5, 5.41) is 7.51. The second kappa shape index (κ2) is 4.49. The zero-order chi connectivity index (χ0) is 11.5. The van der Waals surface area contributed by atoms with E-state index in [-0.39, 0.29) is 12.6 Å². The molecular formula is C10H9ClN2O3. The molecule has 0 fully saturated rings. The van der Waals surface area contributed by atoms with E-state index in [0.717, 1.165) is 0 Å². The number of carbonyl (C=O) groups excluding carboxylic acids is 1. The second-order valence-corrected chi connectivity index (χ2v) is 3.61. The molecule has 0 amide bonds. The number of Topliss-reactive ketones (excluding diaryl/α,β-unsaturated/α-hetero) is 1. The molecule has 0 saturated carbocycles. The van der Waals surface area contributed by atoms with E-state index in [9.17, 15) is 4.79 Å². The van der Waals surface area contributed by atoms with Crippen molar-refractivity contribution >= 4 is 23.1 Å². The highest BCUT2D eigenvalue weighted by molar-refractivity contribution is 6.30. The molecule has 0 aliphatic carbocycles. The third kappa shape index (κ3) is 2.30. The molecule has 0 N–H and O–H groups in total. The van der Waals surface area contributed by atoms with Gasteiger partial charge in [0.05, 0.1) is 5.69 Å². The van der Waals surface area contributed by atoms with Crippen molar-refractivity contribution in [1.29, 1.82) is 0 Å². The van der Waals surface area contributed by atoms with Crippen LogP contribution in [-0.2, 0) is 4.79 Å². The molecule has 1 aliphatic heterocycles. The first-order valence-corrected chi connectivity index (χ1v) is 5.05. The highest BCUT2D eigenvalue weighted by atomic mass is 35.5. The number of hydrogen-bond acceptors (Lipinski definition) is 5. The normalized spacial score (nSPS) is 15.4. The fourth-order valence-electron chi connectivity index (χ4n) is 1.15. The van der Waals surface area contributed by atoms with Gasteiger partial charge in [-0.2, -0.15) is 10.2 Å². The molecule has 0 saturated heterocycles. The summed E-state index contributed by atoms with van der Waals surface area (Å²) >= 11 is 5.62. The van der Waals surface area contributed by atoms with E-state index in [0.29, 0.717) is 17.2 Å². The lowest BCUT2D eigenvalue weighted by Gasteiger charge is -1.98. The molecule has 5 nitrogen and oxygen atoms in total. The fourth-order valence-corrected chi connectivity index (χ4v) is 1.19. The van der Waals surface area contributed by atoms with E-state index in [1.165, 1.54) is 6.92 Å². The van der Waals surface area contributed by atoms with Gasteiger partial charge in [0.1, 0.15) is 0 Å². The van der Waals surface area contributed by atoms with Crippen LogP contribution in [0.3, 0.4) is 0 Å². The largest absolute Gasteiger partial charge is 0.454 e. The second-order valence-electron chi connectivity index (χ2n) is 3.20. The van der Waals surface area contributed by atoms with Crippen molar-refractivity contribution in [3.05, 3.63) is 18.2 Å². The number of alkyl halides is 1. The average molecular weight is 241 g/mol. The monoisotopic (exact) mass is 240 g/mol. The van der Waals surface area contributed by atoms with E-state index < -0.39 is 5.50 Å². The van der Waals surface area contributed by atoms with Gasteiger partial charge < -0.3 is 9.47 Å². The number of azo groups is 1. The maximum absolute atomic E-state index is 10.8. The molecule has 0 radical (unpaired) electrons. The van der Waals surface area contributed by atoms with Crippen molar-refractivity contribution in [3.63, 3.8) is 0 Å². The van der Waals surface area contributed by atoms with Crippen LogP contribution in [0.15, 0.2) is 28.4 Å². The number of ether oxygens (including phenoxy) is 2. The molecule has 84 valence electrons. The lowest BCUT2D eigenvalue weighted by atomic mass is 10.3. The summed E-state index contributed by atoms with van der Waals surface area (Å²) in [6.45, 7) is 1.57. The number of benzene rings is 1. The smallest absolute Gasteiger partial charge is 0.231 e. The van der Waals surface area contributed by atoms with Crippen molar-refractivity contribution < 1.29 is 14.3 Å². The summed E-state index contributed by atoms with van der Waals surface area (Å²) in [7, 11) is 0. The zero-order valence-corrected chi connectivity index (χ0v) is 9.27. The highest BCUT2D eigenvalue weighted by Gasteiger charge is 2.13. The summed E-state index contributed by atoms with van der Waals surface area (Å²) in [6.07, 6.45) is 0. The number of fused-ring (bicyclic) bond motifs is 1. The van der Waals surface area contributed by atoms with E-state index in [2.05, 4.69) is 10.2 Å². The van der Waals surface area contributed by atoms with E-state index in [4.69, 9.17) is 21.1 Å². The van der Waals surface area contributed by atoms with Gasteiger partial charge in [0, 0.05) is 6.07 Å². The molecule has 0 bridgehead atoms. The number of ketones is 1. The Morgan fingerprint density at radius 3 is 2.94 bits per heavy atom. The number of carbonyl (C=O) groups is 1. The molecule has 0 spiro atoms. The first-order valence-electron chi connectivity index (χ1n) is 4.62. The molecule has 1 aliphatic rings. The Balaban J connectivity index is 2.13. The van der Waals surface area contributed by atoms with Crippen LogP contribution in [-0.4, -0.2) is 18.1 Å². The fraction of sp³-hybridized carbons (Fsp3) is 0.300. The van der Waals surface area contributed by atoms with Crippen LogP contribution in [0.2, 0.25) is 0 Å².